The largest absolute Gasteiger partial charge is 0.380 e. The van der Waals surface area contributed by atoms with E-state index in [1.165, 1.54) is 22.5 Å². The first-order valence-electron chi connectivity index (χ1n) is 9.38. The lowest BCUT2D eigenvalue weighted by atomic mass is 10.1. The van der Waals surface area contributed by atoms with E-state index in [2.05, 4.69) is 10.5 Å². The molecule has 0 bridgehead atoms. The second kappa shape index (κ2) is 8.81. The summed E-state index contributed by atoms with van der Waals surface area (Å²) >= 11 is 0. The molecule has 2 heterocycles. The van der Waals surface area contributed by atoms with Crippen molar-refractivity contribution in [3.05, 3.63) is 67.5 Å². The molecule has 0 aliphatic rings. The Balaban J connectivity index is 1.76. The number of hydrogen-bond donors (Lipinski definition) is 1. The van der Waals surface area contributed by atoms with Gasteiger partial charge in [0.2, 0.25) is 0 Å². The van der Waals surface area contributed by atoms with Gasteiger partial charge in [-0.1, -0.05) is 6.07 Å². The third kappa shape index (κ3) is 4.17. The standard InChI is InChI=1S/C21H22N6O4/c1-13-7-15(12-31-4)16(9-22)20(29)27(13)11-19(28)24-23-10-14-5-6-17-18(8-14)26(3)21(30)25(17)2/h5-8,10H,11-12H2,1-4H3,(H,24,28)/b23-10+. The maximum Gasteiger partial charge on any atom is 0.328 e. The number of methoxy groups -OCH3 is 1. The Hall–Kier alpha value is -3.97. The van der Waals surface area contributed by atoms with Crippen molar-refractivity contribution in [3.8, 4) is 6.07 Å². The summed E-state index contributed by atoms with van der Waals surface area (Å²) in [5, 5.41) is 13.2. The predicted molar refractivity (Wildman–Crippen MR) is 115 cm³/mol. The van der Waals surface area contributed by atoms with Gasteiger partial charge in [0, 0.05) is 32.5 Å². The van der Waals surface area contributed by atoms with Crippen molar-refractivity contribution < 1.29 is 9.53 Å². The Kier molecular flexibility index (Phi) is 6.17. The number of ether oxygens (including phenoxy) is 1. The fourth-order valence-electron chi connectivity index (χ4n) is 3.38. The van der Waals surface area contributed by atoms with E-state index in [4.69, 9.17) is 4.74 Å². The molecule has 3 aromatic rings. The summed E-state index contributed by atoms with van der Waals surface area (Å²) in [7, 11) is 4.85. The minimum atomic E-state index is -0.552. The molecular formula is C21H22N6O4. The van der Waals surface area contributed by atoms with E-state index in [1.54, 1.807) is 49.9 Å². The highest BCUT2D eigenvalue weighted by molar-refractivity contribution is 5.88. The van der Waals surface area contributed by atoms with Crippen LogP contribution < -0.4 is 16.7 Å². The molecule has 31 heavy (non-hydrogen) atoms. The number of aromatic nitrogens is 3. The van der Waals surface area contributed by atoms with Gasteiger partial charge in [0.15, 0.2) is 0 Å². The van der Waals surface area contributed by atoms with Gasteiger partial charge in [0.1, 0.15) is 18.2 Å². The Morgan fingerprint density at radius 1 is 1.23 bits per heavy atom. The van der Waals surface area contributed by atoms with Gasteiger partial charge in [0.05, 0.1) is 23.9 Å². The highest BCUT2D eigenvalue weighted by Crippen LogP contribution is 2.13. The molecule has 0 aliphatic carbocycles. The maximum atomic E-state index is 12.6. The second-order valence-corrected chi connectivity index (χ2v) is 7.06. The number of nitrogens with zero attached hydrogens (tertiary/aromatic N) is 5. The molecule has 0 atom stereocenters. The van der Waals surface area contributed by atoms with Crippen molar-refractivity contribution in [3.63, 3.8) is 0 Å². The first-order valence-corrected chi connectivity index (χ1v) is 9.38. The van der Waals surface area contributed by atoms with Crippen LogP contribution in [0.3, 0.4) is 0 Å². The average Bonchev–Trinajstić information content (AvgIpc) is 2.95. The number of hydrazone groups is 1. The van der Waals surface area contributed by atoms with E-state index in [0.717, 1.165) is 11.0 Å². The van der Waals surface area contributed by atoms with Crippen molar-refractivity contribution in [1.82, 2.24) is 19.1 Å². The van der Waals surface area contributed by atoms with Crippen molar-refractivity contribution in [2.45, 2.75) is 20.1 Å². The molecule has 0 saturated carbocycles. The van der Waals surface area contributed by atoms with E-state index in [0.29, 0.717) is 16.8 Å². The van der Waals surface area contributed by atoms with Gasteiger partial charge >= 0.3 is 5.69 Å². The number of hydrogen-bond acceptors (Lipinski definition) is 6. The molecule has 0 unspecified atom stereocenters. The Morgan fingerprint density at radius 3 is 2.61 bits per heavy atom. The number of carbonyl (C=O) groups excluding carboxylic acids is 1. The summed E-state index contributed by atoms with van der Waals surface area (Å²) in [6, 6.07) is 8.89. The van der Waals surface area contributed by atoms with E-state index < -0.39 is 11.5 Å². The molecule has 0 fully saturated rings. The zero-order valence-electron chi connectivity index (χ0n) is 17.7. The number of imidazole rings is 1. The van der Waals surface area contributed by atoms with Crippen LogP contribution in [0, 0.1) is 18.3 Å². The normalized spacial score (nSPS) is 11.2. The lowest BCUT2D eigenvalue weighted by Crippen LogP contribution is -2.33. The summed E-state index contributed by atoms with van der Waals surface area (Å²) in [6.07, 6.45) is 1.45. The molecular weight excluding hydrogens is 400 g/mol. The van der Waals surface area contributed by atoms with Gasteiger partial charge in [-0.05, 0) is 30.7 Å². The van der Waals surface area contributed by atoms with Crippen LogP contribution in [0.25, 0.3) is 11.0 Å². The third-order valence-electron chi connectivity index (χ3n) is 5.00. The minimum Gasteiger partial charge on any atom is -0.380 e. The van der Waals surface area contributed by atoms with Gasteiger partial charge in [-0.3, -0.25) is 18.7 Å². The van der Waals surface area contributed by atoms with Crippen LogP contribution in [0.2, 0.25) is 0 Å². The molecule has 1 N–H and O–H groups in total. The highest BCUT2D eigenvalue weighted by Gasteiger charge is 2.15. The fraction of sp³-hybridized carbons (Fsp3) is 0.286. The van der Waals surface area contributed by atoms with E-state index in [9.17, 15) is 19.6 Å². The molecule has 10 nitrogen and oxygen atoms in total. The van der Waals surface area contributed by atoms with Gasteiger partial charge in [0.25, 0.3) is 11.5 Å². The monoisotopic (exact) mass is 422 g/mol. The van der Waals surface area contributed by atoms with Crippen molar-refractivity contribution in [2.24, 2.45) is 19.2 Å². The fourth-order valence-corrected chi connectivity index (χ4v) is 3.38. The number of aryl methyl sites for hydroxylation is 3. The zero-order chi connectivity index (χ0) is 22.7. The quantitative estimate of drug-likeness (QED) is 0.458. The van der Waals surface area contributed by atoms with E-state index >= 15 is 0 Å². The van der Waals surface area contributed by atoms with Crippen LogP contribution in [0.1, 0.15) is 22.4 Å². The number of rotatable bonds is 6. The van der Waals surface area contributed by atoms with Gasteiger partial charge in [-0.25, -0.2) is 10.2 Å². The minimum absolute atomic E-state index is 0.0504. The van der Waals surface area contributed by atoms with E-state index in [1.807, 2.05) is 6.07 Å². The van der Waals surface area contributed by atoms with Crippen LogP contribution in [-0.4, -0.2) is 32.9 Å². The molecule has 160 valence electrons. The Labute approximate surface area is 177 Å². The summed E-state index contributed by atoms with van der Waals surface area (Å²) in [5.74, 6) is -0.516. The molecule has 0 aliphatic heterocycles. The Bertz CT molecular complexity index is 1350. The number of fused-ring (bicyclic) bond motifs is 1. The lowest BCUT2D eigenvalue weighted by molar-refractivity contribution is -0.121. The predicted octanol–water partition coefficient (Wildman–Crippen LogP) is 0.515. The first-order chi connectivity index (χ1) is 14.8. The molecule has 0 spiro atoms. The molecule has 1 aromatic carbocycles. The number of pyridine rings is 1. The summed E-state index contributed by atoms with van der Waals surface area (Å²) in [6.45, 7) is 1.53. The third-order valence-corrected chi connectivity index (χ3v) is 5.00. The van der Waals surface area contributed by atoms with Crippen LogP contribution in [0.15, 0.2) is 39.0 Å². The molecule has 2 aromatic heterocycles. The summed E-state index contributed by atoms with van der Waals surface area (Å²) in [5.41, 5.74) is 4.88. The number of benzene rings is 1. The number of nitrogens with one attached hydrogen (secondary N) is 1. The second-order valence-electron chi connectivity index (χ2n) is 7.06. The molecule has 0 saturated heterocycles. The lowest BCUT2D eigenvalue weighted by Gasteiger charge is -2.12. The molecule has 0 radical (unpaired) electrons. The Morgan fingerprint density at radius 2 is 1.94 bits per heavy atom. The van der Waals surface area contributed by atoms with Gasteiger partial charge in [-0.2, -0.15) is 10.4 Å². The number of nitriles is 1. The topological polar surface area (TPSA) is 123 Å². The highest BCUT2D eigenvalue weighted by atomic mass is 16.5. The summed E-state index contributed by atoms with van der Waals surface area (Å²) < 4.78 is 9.31. The van der Waals surface area contributed by atoms with Crippen molar-refractivity contribution in [1.29, 1.82) is 5.26 Å². The van der Waals surface area contributed by atoms with Crippen LogP contribution in [-0.2, 0) is 36.8 Å². The van der Waals surface area contributed by atoms with Crippen molar-refractivity contribution in [2.75, 3.05) is 7.11 Å². The molecule has 1 amide bonds. The number of amides is 1. The maximum absolute atomic E-state index is 12.6. The van der Waals surface area contributed by atoms with Crippen LogP contribution in [0.4, 0.5) is 0 Å². The van der Waals surface area contributed by atoms with Crippen molar-refractivity contribution >= 4 is 23.2 Å². The first kappa shape index (κ1) is 21.7. The zero-order valence-corrected chi connectivity index (χ0v) is 17.7. The van der Waals surface area contributed by atoms with Crippen LogP contribution in [0.5, 0.6) is 0 Å². The summed E-state index contributed by atoms with van der Waals surface area (Å²) in [4.78, 5) is 36.9. The smallest absolute Gasteiger partial charge is 0.328 e. The molecule has 10 heteroatoms. The van der Waals surface area contributed by atoms with Crippen LogP contribution >= 0.6 is 0 Å². The van der Waals surface area contributed by atoms with Gasteiger partial charge < -0.3 is 9.30 Å². The SMILES string of the molecule is COCc1cc(C)n(CC(=O)N/N=C/c2ccc3c(c2)n(C)c(=O)n3C)c(=O)c1C#N. The van der Waals surface area contributed by atoms with Gasteiger partial charge in [-0.15, -0.1) is 0 Å². The molecule has 3 rings (SSSR count). The van der Waals surface area contributed by atoms with E-state index in [-0.39, 0.29) is 24.4 Å². The average molecular weight is 422 g/mol. The number of carbonyl (C=O) groups is 1.